The van der Waals surface area contributed by atoms with Crippen molar-refractivity contribution in [2.45, 2.75) is 19.9 Å². The van der Waals surface area contributed by atoms with Crippen LogP contribution in [0.25, 0.3) is 27.9 Å². The van der Waals surface area contributed by atoms with Gasteiger partial charge in [-0.3, -0.25) is 15.0 Å². The van der Waals surface area contributed by atoms with Crippen LogP contribution in [0.15, 0.2) is 73.1 Å². The van der Waals surface area contributed by atoms with Crippen molar-refractivity contribution in [2.24, 2.45) is 0 Å². The lowest BCUT2D eigenvalue weighted by Gasteiger charge is -2.34. The molecule has 5 rings (SSSR count). The Morgan fingerprint density at radius 1 is 0.912 bits per heavy atom. The van der Waals surface area contributed by atoms with Crippen LogP contribution in [0.1, 0.15) is 19.0 Å². The molecule has 2 aromatic carbocycles. The van der Waals surface area contributed by atoms with Gasteiger partial charge in [-0.25, -0.2) is 4.98 Å². The van der Waals surface area contributed by atoms with E-state index in [1.54, 1.807) is 12.1 Å². The van der Waals surface area contributed by atoms with E-state index >= 15 is 0 Å². The number of piperazine rings is 1. The fraction of sp³-hybridized carbons (Fsp3) is 0.296. The Hall–Kier alpha value is -3.55. The number of nitro benzene ring substituents is 1. The molecular formula is C27H29N5O2. The minimum atomic E-state index is -0.367. The fourth-order valence-electron chi connectivity index (χ4n) is 4.73. The van der Waals surface area contributed by atoms with E-state index in [4.69, 9.17) is 4.98 Å². The zero-order valence-electron chi connectivity index (χ0n) is 19.4. The average Bonchev–Trinajstić information content (AvgIpc) is 3.28. The third-order valence-electron chi connectivity index (χ3n) is 6.57. The van der Waals surface area contributed by atoms with E-state index in [0.717, 1.165) is 66.3 Å². The smallest absolute Gasteiger partial charge is 0.269 e. The molecule has 0 saturated carbocycles. The van der Waals surface area contributed by atoms with Crippen molar-refractivity contribution in [1.82, 2.24) is 19.2 Å². The van der Waals surface area contributed by atoms with E-state index in [1.807, 2.05) is 36.5 Å². The number of fused-ring (bicyclic) bond motifs is 1. The van der Waals surface area contributed by atoms with Crippen LogP contribution < -0.4 is 0 Å². The van der Waals surface area contributed by atoms with Crippen molar-refractivity contribution in [1.29, 1.82) is 0 Å². The number of nitro groups is 1. The second kappa shape index (κ2) is 9.75. The topological polar surface area (TPSA) is 66.9 Å². The molecule has 2 aromatic heterocycles. The molecule has 0 atom stereocenters. The summed E-state index contributed by atoms with van der Waals surface area (Å²) in [6, 6.07) is 19.2. The van der Waals surface area contributed by atoms with E-state index in [2.05, 4.69) is 45.5 Å². The standard InChI is InChI=1S/C27H29N5O2/c1-2-12-29-13-15-30(16-14-29)20-25-18-28-27-26(22-8-10-24(11-9-22)32(33)34)17-23(19-31(25)27)21-6-4-3-5-7-21/h3-11,17-19H,2,12-16,20H2,1H3. The first-order valence-electron chi connectivity index (χ1n) is 11.9. The zero-order valence-corrected chi connectivity index (χ0v) is 19.4. The second-order valence-electron chi connectivity index (χ2n) is 8.87. The maximum absolute atomic E-state index is 11.1. The number of benzene rings is 2. The zero-order chi connectivity index (χ0) is 23.5. The first-order chi connectivity index (χ1) is 16.6. The molecule has 0 amide bonds. The number of hydrogen-bond acceptors (Lipinski definition) is 5. The normalized spacial score (nSPS) is 15.1. The summed E-state index contributed by atoms with van der Waals surface area (Å²) in [6.07, 6.45) is 5.33. The highest BCUT2D eigenvalue weighted by molar-refractivity contribution is 5.83. The predicted octanol–water partition coefficient (Wildman–Crippen LogP) is 5.10. The predicted molar refractivity (Wildman–Crippen MR) is 135 cm³/mol. The number of hydrogen-bond donors (Lipinski definition) is 0. The summed E-state index contributed by atoms with van der Waals surface area (Å²) in [5.74, 6) is 0. The molecule has 0 spiro atoms. The first kappa shape index (κ1) is 22.3. The lowest BCUT2D eigenvalue weighted by molar-refractivity contribution is -0.384. The van der Waals surface area contributed by atoms with Crippen molar-refractivity contribution in [3.63, 3.8) is 0 Å². The van der Waals surface area contributed by atoms with Crippen LogP contribution in [0.3, 0.4) is 0 Å². The molecule has 0 aliphatic carbocycles. The van der Waals surface area contributed by atoms with E-state index in [-0.39, 0.29) is 10.6 Å². The number of pyridine rings is 1. The van der Waals surface area contributed by atoms with Gasteiger partial charge in [0.15, 0.2) is 0 Å². The molecule has 34 heavy (non-hydrogen) atoms. The molecular weight excluding hydrogens is 426 g/mol. The van der Waals surface area contributed by atoms with Crippen LogP contribution in [-0.2, 0) is 6.54 Å². The van der Waals surface area contributed by atoms with Gasteiger partial charge in [-0.15, -0.1) is 0 Å². The van der Waals surface area contributed by atoms with E-state index in [0.29, 0.717) is 0 Å². The molecule has 0 bridgehead atoms. The van der Waals surface area contributed by atoms with Crippen molar-refractivity contribution in [2.75, 3.05) is 32.7 Å². The van der Waals surface area contributed by atoms with Crippen LogP contribution in [0.2, 0.25) is 0 Å². The summed E-state index contributed by atoms with van der Waals surface area (Å²) < 4.78 is 2.19. The molecule has 1 aliphatic heterocycles. The van der Waals surface area contributed by atoms with Crippen molar-refractivity contribution in [3.05, 3.63) is 88.9 Å². The summed E-state index contributed by atoms with van der Waals surface area (Å²) in [5.41, 5.74) is 6.21. The van der Waals surface area contributed by atoms with Gasteiger partial charge in [0.05, 0.1) is 16.8 Å². The SMILES string of the molecule is CCCN1CCN(Cc2cnc3c(-c4ccc([N+](=O)[O-])cc4)cc(-c4ccccc4)cn23)CC1. The van der Waals surface area contributed by atoms with Crippen LogP contribution in [0.4, 0.5) is 5.69 Å². The second-order valence-corrected chi connectivity index (χ2v) is 8.87. The molecule has 0 N–H and O–H groups in total. The maximum atomic E-state index is 11.1. The molecule has 7 nitrogen and oxygen atoms in total. The maximum Gasteiger partial charge on any atom is 0.269 e. The Balaban J connectivity index is 1.53. The molecule has 174 valence electrons. The van der Waals surface area contributed by atoms with Gasteiger partial charge in [0.2, 0.25) is 0 Å². The molecule has 1 aliphatic rings. The lowest BCUT2D eigenvalue weighted by atomic mass is 10.0. The van der Waals surface area contributed by atoms with Crippen LogP contribution in [0, 0.1) is 10.1 Å². The summed E-state index contributed by atoms with van der Waals surface area (Å²) in [7, 11) is 0. The van der Waals surface area contributed by atoms with Gasteiger partial charge < -0.3 is 9.30 Å². The third kappa shape index (κ3) is 4.58. The van der Waals surface area contributed by atoms with Gasteiger partial charge in [-0.2, -0.15) is 0 Å². The Morgan fingerprint density at radius 3 is 2.29 bits per heavy atom. The highest BCUT2D eigenvalue weighted by Crippen LogP contribution is 2.32. The Bertz CT molecular complexity index is 1280. The summed E-state index contributed by atoms with van der Waals surface area (Å²) in [4.78, 5) is 20.6. The van der Waals surface area contributed by atoms with Crippen LogP contribution >= 0.6 is 0 Å². The van der Waals surface area contributed by atoms with E-state index in [1.165, 1.54) is 13.0 Å². The van der Waals surface area contributed by atoms with E-state index < -0.39 is 0 Å². The largest absolute Gasteiger partial charge is 0.302 e. The summed E-state index contributed by atoms with van der Waals surface area (Å²) >= 11 is 0. The Labute approximate surface area is 199 Å². The molecule has 3 heterocycles. The molecule has 7 heteroatoms. The van der Waals surface area contributed by atoms with Gasteiger partial charge in [-0.1, -0.05) is 37.3 Å². The Morgan fingerprint density at radius 2 is 1.62 bits per heavy atom. The fourth-order valence-corrected chi connectivity index (χ4v) is 4.73. The first-order valence-corrected chi connectivity index (χ1v) is 11.9. The third-order valence-corrected chi connectivity index (χ3v) is 6.57. The number of imidazole rings is 1. The average molecular weight is 456 g/mol. The highest BCUT2D eigenvalue weighted by Gasteiger charge is 2.19. The minimum Gasteiger partial charge on any atom is -0.302 e. The van der Waals surface area contributed by atoms with Crippen LogP contribution in [0.5, 0.6) is 0 Å². The molecule has 0 unspecified atom stereocenters. The number of rotatable bonds is 7. The summed E-state index contributed by atoms with van der Waals surface area (Å²) in [5, 5.41) is 11.1. The van der Waals surface area contributed by atoms with Gasteiger partial charge in [-0.05, 0) is 47.9 Å². The van der Waals surface area contributed by atoms with Crippen LogP contribution in [-0.4, -0.2) is 56.8 Å². The van der Waals surface area contributed by atoms with Crippen molar-refractivity contribution in [3.8, 4) is 22.3 Å². The van der Waals surface area contributed by atoms with E-state index in [9.17, 15) is 10.1 Å². The highest BCUT2D eigenvalue weighted by atomic mass is 16.6. The molecule has 0 radical (unpaired) electrons. The minimum absolute atomic E-state index is 0.0882. The number of non-ortho nitro benzene ring substituents is 1. The lowest BCUT2D eigenvalue weighted by Crippen LogP contribution is -2.46. The van der Waals surface area contributed by atoms with Crippen molar-refractivity contribution < 1.29 is 4.92 Å². The number of aromatic nitrogens is 2. The molecule has 1 saturated heterocycles. The number of nitrogens with zero attached hydrogens (tertiary/aromatic N) is 5. The van der Waals surface area contributed by atoms with Gasteiger partial charge >= 0.3 is 0 Å². The van der Waals surface area contributed by atoms with Gasteiger partial charge in [0.1, 0.15) is 5.65 Å². The quantitative estimate of drug-likeness (QED) is 0.286. The summed E-state index contributed by atoms with van der Waals surface area (Å²) in [6.45, 7) is 8.57. The molecule has 4 aromatic rings. The van der Waals surface area contributed by atoms with Gasteiger partial charge in [0, 0.05) is 56.6 Å². The molecule has 1 fully saturated rings. The van der Waals surface area contributed by atoms with Gasteiger partial charge in [0.25, 0.3) is 5.69 Å². The monoisotopic (exact) mass is 455 g/mol. The Kier molecular flexibility index (Phi) is 6.38. The van der Waals surface area contributed by atoms with Crippen molar-refractivity contribution >= 4 is 11.3 Å².